The van der Waals surface area contributed by atoms with E-state index in [0.29, 0.717) is 37.0 Å². The van der Waals surface area contributed by atoms with Gasteiger partial charge >= 0.3 is 0 Å². The number of hydrogen-bond donors (Lipinski definition) is 0. The zero-order chi connectivity index (χ0) is 24.8. The first-order valence-electron chi connectivity index (χ1n) is 11.6. The summed E-state index contributed by atoms with van der Waals surface area (Å²) in [6.45, 7) is 7.91. The standard InChI is InChI=1S/C26H36BrNO6/c1-8-33-24(34-9-2)15-28-16(3)25-18(19(27)14-23(31-6)26(25)32-7)13-20(28)17-10-11-21(29-4)22(12-17)30-5/h10-12,14,16,20,24H,8-9,13,15H2,1-7H3/t16-,20+/m1/s1. The molecule has 1 aliphatic heterocycles. The Morgan fingerprint density at radius 2 is 1.56 bits per heavy atom. The highest BCUT2D eigenvalue weighted by Gasteiger charge is 2.38. The van der Waals surface area contributed by atoms with E-state index in [4.69, 9.17) is 28.4 Å². The summed E-state index contributed by atoms with van der Waals surface area (Å²) in [6, 6.07) is 8.15. The van der Waals surface area contributed by atoms with Crippen molar-refractivity contribution in [1.82, 2.24) is 4.90 Å². The number of rotatable bonds is 11. The van der Waals surface area contributed by atoms with E-state index in [2.05, 4.69) is 39.9 Å². The predicted molar refractivity (Wildman–Crippen MR) is 135 cm³/mol. The lowest BCUT2D eigenvalue weighted by Gasteiger charge is -2.44. The van der Waals surface area contributed by atoms with Crippen molar-refractivity contribution in [3.05, 3.63) is 45.4 Å². The van der Waals surface area contributed by atoms with Crippen molar-refractivity contribution in [1.29, 1.82) is 0 Å². The third-order valence-corrected chi connectivity index (χ3v) is 7.04. The first kappa shape index (κ1) is 26.6. The highest BCUT2D eigenvalue weighted by Crippen LogP contribution is 2.50. The first-order chi connectivity index (χ1) is 16.4. The van der Waals surface area contributed by atoms with Gasteiger partial charge in [0.1, 0.15) is 0 Å². The normalized spacial score (nSPS) is 18.0. The zero-order valence-corrected chi connectivity index (χ0v) is 22.7. The molecular formula is C26H36BrNO6. The maximum Gasteiger partial charge on any atom is 0.170 e. The van der Waals surface area contributed by atoms with Crippen LogP contribution in [-0.2, 0) is 15.9 Å². The number of hydrogen-bond acceptors (Lipinski definition) is 7. The minimum atomic E-state index is -0.346. The summed E-state index contributed by atoms with van der Waals surface area (Å²) in [5.74, 6) is 2.87. The second kappa shape index (κ2) is 12.1. The predicted octanol–water partition coefficient (Wildman–Crippen LogP) is 5.54. The van der Waals surface area contributed by atoms with Crippen molar-refractivity contribution in [2.24, 2.45) is 0 Å². The molecule has 0 fully saturated rings. The molecule has 34 heavy (non-hydrogen) atoms. The fraction of sp³-hybridized carbons (Fsp3) is 0.538. The third kappa shape index (κ3) is 5.30. The molecule has 0 N–H and O–H groups in total. The highest BCUT2D eigenvalue weighted by atomic mass is 79.9. The summed E-state index contributed by atoms with van der Waals surface area (Å²) < 4.78 is 35.4. The molecule has 0 saturated heterocycles. The van der Waals surface area contributed by atoms with Crippen LogP contribution in [0.3, 0.4) is 0 Å². The molecule has 3 rings (SSSR count). The van der Waals surface area contributed by atoms with Crippen molar-refractivity contribution >= 4 is 15.9 Å². The fourth-order valence-corrected chi connectivity index (χ4v) is 5.36. The average Bonchev–Trinajstić information content (AvgIpc) is 2.85. The van der Waals surface area contributed by atoms with E-state index in [0.717, 1.165) is 27.8 Å². The molecule has 7 nitrogen and oxygen atoms in total. The molecule has 0 bridgehead atoms. The average molecular weight is 538 g/mol. The van der Waals surface area contributed by atoms with Crippen molar-refractivity contribution in [2.45, 2.75) is 45.6 Å². The number of halogens is 1. The first-order valence-corrected chi connectivity index (χ1v) is 12.4. The quantitative estimate of drug-likeness (QED) is 0.348. The van der Waals surface area contributed by atoms with E-state index in [1.165, 1.54) is 5.56 Å². The Bertz CT molecular complexity index is 963. The van der Waals surface area contributed by atoms with E-state index in [1.807, 2.05) is 26.0 Å². The summed E-state index contributed by atoms with van der Waals surface area (Å²) in [5, 5.41) is 0. The molecule has 1 aliphatic rings. The molecule has 2 aromatic rings. The van der Waals surface area contributed by atoms with Crippen LogP contribution in [0.4, 0.5) is 0 Å². The minimum Gasteiger partial charge on any atom is -0.493 e. The second-order valence-corrected chi connectivity index (χ2v) is 8.89. The second-order valence-electron chi connectivity index (χ2n) is 8.03. The Morgan fingerprint density at radius 3 is 2.12 bits per heavy atom. The molecule has 0 aromatic heterocycles. The molecule has 8 heteroatoms. The van der Waals surface area contributed by atoms with Gasteiger partial charge in [-0.25, -0.2) is 0 Å². The van der Waals surface area contributed by atoms with Crippen LogP contribution in [0.25, 0.3) is 0 Å². The molecule has 0 aliphatic carbocycles. The molecule has 0 radical (unpaired) electrons. The van der Waals surface area contributed by atoms with Crippen molar-refractivity contribution in [2.75, 3.05) is 48.2 Å². The van der Waals surface area contributed by atoms with Gasteiger partial charge in [0.15, 0.2) is 29.3 Å². The lowest BCUT2D eigenvalue weighted by molar-refractivity contribution is -0.155. The Balaban J connectivity index is 2.15. The van der Waals surface area contributed by atoms with Crippen LogP contribution in [0.1, 0.15) is 49.5 Å². The van der Waals surface area contributed by atoms with Gasteiger partial charge in [0.25, 0.3) is 0 Å². The minimum absolute atomic E-state index is 0.00612. The molecule has 0 unspecified atom stereocenters. The molecule has 188 valence electrons. The Hall–Kier alpha value is -2.00. The van der Waals surface area contributed by atoms with Crippen LogP contribution in [0.15, 0.2) is 28.7 Å². The summed E-state index contributed by atoms with van der Waals surface area (Å²) in [7, 11) is 6.65. The highest BCUT2D eigenvalue weighted by molar-refractivity contribution is 9.10. The molecular weight excluding hydrogens is 502 g/mol. The summed E-state index contributed by atoms with van der Waals surface area (Å²) in [4.78, 5) is 2.41. The fourth-order valence-electron chi connectivity index (χ4n) is 4.78. The van der Waals surface area contributed by atoms with Crippen molar-refractivity contribution in [3.63, 3.8) is 0 Å². The van der Waals surface area contributed by atoms with Gasteiger partial charge < -0.3 is 28.4 Å². The number of benzene rings is 2. The molecule has 0 saturated carbocycles. The van der Waals surface area contributed by atoms with Crippen LogP contribution in [0.2, 0.25) is 0 Å². The van der Waals surface area contributed by atoms with Crippen LogP contribution in [0, 0.1) is 0 Å². The van der Waals surface area contributed by atoms with E-state index in [1.54, 1.807) is 28.4 Å². The Morgan fingerprint density at radius 1 is 0.912 bits per heavy atom. The number of nitrogens with zero attached hydrogens (tertiary/aromatic N) is 1. The maximum atomic E-state index is 5.94. The van der Waals surface area contributed by atoms with Gasteiger partial charge in [-0.2, -0.15) is 0 Å². The van der Waals surface area contributed by atoms with Gasteiger partial charge in [-0.05, 0) is 56.5 Å². The smallest absolute Gasteiger partial charge is 0.170 e. The van der Waals surface area contributed by atoms with Crippen LogP contribution < -0.4 is 18.9 Å². The van der Waals surface area contributed by atoms with E-state index in [-0.39, 0.29) is 18.4 Å². The van der Waals surface area contributed by atoms with Crippen LogP contribution in [0.5, 0.6) is 23.0 Å². The Kier molecular flexibility index (Phi) is 9.47. The zero-order valence-electron chi connectivity index (χ0n) is 21.1. The monoisotopic (exact) mass is 537 g/mol. The summed E-state index contributed by atoms with van der Waals surface area (Å²) in [5.41, 5.74) is 3.44. The van der Waals surface area contributed by atoms with Gasteiger partial charge in [0.05, 0.1) is 35.0 Å². The third-order valence-electron chi connectivity index (χ3n) is 6.33. The molecule has 1 heterocycles. The lowest BCUT2D eigenvalue weighted by atomic mass is 9.84. The van der Waals surface area contributed by atoms with Gasteiger partial charge in [-0.1, -0.05) is 22.0 Å². The van der Waals surface area contributed by atoms with Crippen LogP contribution >= 0.6 is 15.9 Å². The summed E-state index contributed by atoms with van der Waals surface area (Å²) >= 11 is 3.79. The molecule has 0 spiro atoms. The van der Waals surface area contributed by atoms with Gasteiger partial charge in [-0.3, -0.25) is 4.90 Å². The lowest BCUT2D eigenvalue weighted by Crippen LogP contribution is -2.43. The molecule has 2 aromatic carbocycles. The van der Waals surface area contributed by atoms with Crippen molar-refractivity contribution in [3.8, 4) is 23.0 Å². The van der Waals surface area contributed by atoms with Gasteiger partial charge in [0.2, 0.25) is 0 Å². The number of methoxy groups -OCH3 is 4. The van der Waals surface area contributed by atoms with E-state index in [9.17, 15) is 0 Å². The molecule has 0 amide bonds. The Labute approximate surface area is 211 Å². The topological polar surface area (TPSA) is 58.6 Å². The SMILES string of the molecule is CCOC(CN1[C@H](C)c2c(c(Br)cc(OC)c2OC)C[C@H]1c1ccc(OC)c(OC)c1)OCC. The molecule has 2 atom stereocenters. The number of ether oxygens (including phenoxy) is 6. The maximum absolute atomic E-state index is 5.94. The largest absolute Gasteiger partial charge is 0.493 e. The van der Waals surface area contributed by atoms with Gasteiger partial charge in [-0.15, -0.1) is 0 Å². The number of fused-ring (bicyclic) bond motifs is 1. The summed E-state index contributed by atoms with van der Waals surface area (Å²) in [6.07, 6.45) is 0.419. The van der Waals surface area contributed by atoms with E-state index >= 15 is 0 Å². The van der Waals surface area contributed by atoms with Gasteiger partial charge in [0, 0.05) is 35.3 Å². The van der Waals surface area contributed by atoms with Crippen LogP contribution in [-0.4, -0.2) is 59.4 Å². The van der Waals surface area contributed by atoms with E-state index < -0.39 is 0 Å². The van der Waals surface area contributed by atoms with Crippen molar-refractivity contribution < 1.29 is 28.4 Å².